The third kappa shape index (κ3) is 7.66. The molecule has 0 aromatic heterocycles. The molecule has 0 fully saturated rings. The van der Waals surface area contributed by atoms with Gasteiger partial charge in [0.2, 0.25) is 11.8 Å². The number of benzene rings is 3. The van der Waals surface area contributed by atoms with Gasteiger partial charge in [-0.3, -0.25) is 13.9 Å². The Kier molecular flexibility index (Phi) is 10.7. The molecule has 1 N–H and O–H groups in total. The van der Waals surface area contributed by atoms with Gasteiger partial charge in [0.1, 0.15) is 12.6 Å². The highest BCUT2D eigenvalue weighted by Crippen LogP contribution is 2.33. The summed E-state index contributed by atoms with van der Waals surface area (Å²) in [4.78, 5) is 28.5. The number of hydrogen-bond acceptors (Lipinski definition) is 4. The molecule has 11 heteroatoms. The smallest absolute Gasteiger partial charge is 0.264 e. The number of hydrogen-bond donors (Lipinski definition) is 1. The van der Waals surface area contributed by atoms with E-state index in [-0.39, 0.29) is 34.1 Å². The normalized spacial score (nSPS) is 12.2. The Bertz CT molecular complexity index is 1420. The van der Waals surface area contributed by atoms with E-state index in [9.17, 15) is 18.0 Å². The fourth-order valence-corrected chi connectivity index (χ4v) is 6.24. The van der Waals surface area contributed by atoms with Gasteiger partial charge >= 0.3 is 0 Å². The van der Waals surface area contributed by atoms with Crippen molar-refractivity contribution in [2.45, 2.75) is 50.7 Å². The van der Waals surface area contributed by atoms with Crippen LogP contribution in [-0.4, -0.2) is 43.8 Å². The van der Waals surface area contributed by atoms with Crippen molar-refractivity contribution in [3.8, 4) is 0 Å². The van der Waals surface area contributed by atoms with Gasteiger partial charge in [-0.25, -0.2) is 8.42 Å². The third-order valence-corrected chi connectivity index (χ3v) is 8.58. The number of nitrogens with zero attached hydrogens (tertiary/aromatic N) is 2. The first-order valence-corrected chi connectivity index (χ1v) is 14.9. The third-order valence-electron chi connectivity index (χ3n) is 5.90. The van der Waals surface area contributed by atoms with Gasteiger partial charge in [0.05, 0.1) is 15.6 Å². The summed E-state index contributed by atoms with van der Waals surface area (Å²) in [6, 6.07) is 18.0. The Morgan fingerprint density at radius 2 is 1.54 bits per heavy atom. The summed E-state index contributed by atoms with van der Waals surface area (Å²) in [5, 5.41) is 3.63. The zero-order valence-corrected chi connectivity index (χ0v) is 24.9. The molecule has 0 radical (unpaired) electrons. The fraction of sp³-hybridized carbons (Fsp3) is 0.286. The Balaban J connectivity index is 2.10. The Hall–Kier alpha value is -2.78. The number of halogens is 3. The minimum absolute atomic E-state index is 0.00387. The highest BCUT2D eigenvalue weighted by atomic mass is 35.5. The lowest BCUT2D eigenvalue weighted by atomic mass is 10.1. The van der Waals surface area contributed by atoms with Gasteiger partial charge < -0.3 is 10.2 Å². The number of rotatable bonds is 11. The van der Waals surface area contributed by atoms with Gasteiger partial charge in [0, 0.05) is 22.6 Å². The lowest BCUT2D eigenvalue weighted by molar-refractivity contribution is -0.140. The van der Waals surface area contributed by atoms with Gasteiger partial charge in [-0.05, 0) is 62.2 Å². The standard InChI is InChI=1S/C28H30Cl3N3O4S/c1-4-25(28(36)32-19(2)3)33(17-20-10-8-9-13-23(20)30)27(35)18-34(26-15-14-21(29)16-24(26)31)39(37,38)22-11-6-5-7-12-22/h5-16,19,25H,4,17-18H2,1-3H3,(H,32,36)/t25-/m1/s1. The van der Waals surface area contributed by atoms with E-state index in [1.165, 1.54) is 35.2 Å². The molecule has 0 aliphatic heterocycles. The maximum atomic E-state index is 14.0. The largest absolute Gasteiger partial charge is 0.352 e. The van der Waals surface area contributed by atoms with Crippen molar-refractivity contribution in [2.24, 2.45) is 0 Å². The lowest BCUT2D eigenvalue weighted by Crippen LogP contribution is -2.53. The van der Waals surface area contributed by atoms with Crippen molar-refractivity contribution < 1.29 is 18.0 Å². The van der Waals surface area contributed by atoms with Crippen LogP contribution in [0.3, 0.4) is 0 Å². The second-order valence-corrected chi connectivity index (χ2v) is 12.2. The van der Waals surface area contributed by atoms with Crippen molar-refractivity contribution >= 4 is 62.3 Å². The molecule has 7 nitrogen and oxygen atoms in total. The first kappa shape index (κ1) is 30.8. The molecule has 3 rings (SSSR count). The minimum Gasteiger partial charge on any atom is -0.352 e. The van der Waals surface area contributed by atoms with E-state index in [4.69, 9.17) is 34.8 Å². The van der Waals surface area contributed by atoms with E-state index in [2.05, 4.69) is 5.32 Å². The predicted molar refractivity (Wildman–Crippen MR) is 157 cm³/mol. The molecule has 208 valence electrons. The van der Waals surface area contributed by atoms with E-state index < -0.39 is 28.5 Å². The molecule has 0 aliphatic rings. The number of nitrogens with one attached hydrogen (secondary N) is 1. The summed E-state index contributed by atoms with van der Waals surface area (Å²) in [6.45, 7) is 4.81. The average Bonchev–Trinajstić information content (AvgIpc) is 2.88. The summed E-state index contributed by atoms with van der Waals surface area (Å²) in [6.07, 6.45) is 0.294. The molecule has 0 aliphatic carbocycles. The summed E-state index contributed by atoms with van der Waals surface area (Å²) in [5.41, 5.74) is 0.695. The van der Waals surface area contributed by atoms with Gasteiger partial charge in [-0.1, -0.05) is 78.1 Å². The van der Waals surface area contributed by atoms with Crippen molar-refractivity contribution in [1.82, 2.24) is 10.2 Å². The zero-order valence-electron chi connectivity index (χ0n) is 21.8. The summed E-state index contributed by atoms with van der Waals surface area (Å²) in [7, 11) is -4.24. The predicted octanol–water partition coefficient (Wildman–Crippen LogP) is 6.17. The van der Waals surface area contributed by atoms with E-state index in [0.29, 0.717) is 22.0 Å². The van der Waals surface area contributed by atoms with Crippen LogP contribution in [0, 0.1) is 0 Å². The van der Waals surface area contributed by atoms with Crippen molar-refractivity contribution in [3.63, 3.8) is 0 Å². The molecule has 0 saturated heterocycles. The van der Waals surface area contributed by atoms with Crippen LogP contribution in [0.2, 0.25) is 15.1 Å². The van der Waals surface area contributed by atoms with Crippen molar-refractivity contribution in [2.75, 3.05) is 10.8 Å². The topological polar surface area (TPSA) is 86.8 Å². The number of amides is 2. The maximum Gasteiger partial charge on any atom is 0.264 e. The first-order valence-electron chi connectivity index (χ1n) is 12.3. The van der Waals surface area contributed by atoms with Crippen LogP contribution in [0.1, 0.15) is 32.8 Å². The molecule has 0 bridgehead atoms. The van der Waals surface area contributed by atoms with E-state index >= 15 is 0 Å². The van der Waals surface area contributed by atoms with Crippen LogP contribution in [0.4, 0.5) is 5.69 Å². The Morgan fingerprint density at radius 1 is 0.897 bits per heavy atom. The molecule has 3 aromatic rings. The molecule has 2 amide bonds. The number of anilines is 1. The average molecular weight is 611 g/mol. The summed E-state index contributed by atoms with van der Waals surface area (Å²) >= 11 is 18.9. The molecular formula is C28H30Cl3N3O4S. The number of carbonyl (C=O) groups excluding carboxylic acids is 2. The van der Waals surface area contributed by atoms with Crippen LogP contribution in [0.15, 0.2) is 77.7 Å². The minimum atomic E-state index is -4.24. The van der Waals surface area contributed by atoms with E-state index in [1.807, 2.05) is 13.8 Å². The Labute approximate surface area is 244 Å². The first-order chi connectivity index (χ1) is 18.4. The maximum absolute atomic E-state index is 14.0. The second kappa shape index (κ2) is 13.5. The zero-order chi connectivity index (χ0) is 28.7. The molecule has 0 heterocycles. The second-order valence-electron chi connectivity index (χ2n) is 9.12. The van der Waals surface area contributed by atoms with Crippen molar-refractivity contribution in [3.05, 3.63) is 93.4 Å². The molecule has 0 spiro atoms. The quantitative estimate of drug-likeness (QED) is 0.281. The highest BCUT2D eigenvalue weighted by molar-refractivity contribution is 7.92. The van der Waals surface area contributed by atoms with Crippen LogP contribution < -0.4 is 9.62 Å². The Morgan fingerprint density at radius 3 is 2.13 bits per heavy atom. The summed E-state index contributed by atoms with van der Waals surface area (Å²) < 4.78 is 28.6. The van der Waals surface area contributed by atoms with E-state index in [0.717, 1.165) is 4.31 Å². The lowest BCUT2D eigenvalue weighted by Gasteiger charge is -2.34. The number of carbonyl (C=O) groups is 2. The van der Waals surface area contributed by atoms with Crippen molar-refractivity contribution in [1.29, 1.82) is 0 Å². The fourth-order valence-electron chi connectivity index (χ4n) is 4.03. The molecular weight excluding hydrogens is 581 g/mol. The van der Waals surface area contributed by atoms with Crippen LogP contribution in [0.5, 0.6) is 0 Å². The van der Waals surface area contributed by atoms with Gasteiger partial charge in [-0.2, -0.15) is 0 Å². The van der Waals surface area contributed by atoms with Gasteiger partial charge in [0.25, 0.3) is 10.0 Å². The molecule has 39 heavy (non-hydrogen) atoms. The van der Waals surface area contributed by atoms with Gasteiger partial charge in [0.15, 0.2) is 0 Å². The van der Waals surface area contributed by atoms with E-state index in [1.54, 1.807) is 49.4 Å². The monoisotopic (exact) mass is 609 g/mol. The molecule has 0 unspecified atom stereocenters. The highest BCUT2D eigenvalue weighted by Gasteiger charge is 2.34. The van der Waals surface area contributed by atoms with Gasteiger partial charge in [-0.15, -0.1) is 0 Å². The molecule has 3 aromatic carbocycles. The summed E-state index contributed by atoms with van der Waals surface area (Å²) in [5.74, 6) is -0.957. The molecule has 0 saturated carbocycles. The SMILES string of the molecule is CC[C@H](C(=O)NC(C)C)N(Cc1ccccc1Cl)C(=O)CN(c1ccc(Cl)cc1Cl)S(=O)(=O)c1ccccc1. The van der Waals surface area contributed by atoms with Crippen LogP contribution >= 0.6 is 34.8 Å². The molecule has 1 atom stereocenters. The van der Waals surface area contributed by atoms with Crippen LogP contribution in [0.25, 0.3) is 0 Å². The van der Waals surface area contributed by atoms with Crippen LogP contribution in [-0.2, 0) is 26.2 Å². The number of sulfonamides is 1.